The monoisotopic (exact) mass is 325 g/mol. The fourth-order valence-electron chi connectivity index (χ4n) is 2.48. The van der Waals surface area contributed by atoms with E-state index in [0.29, 0.717) is 13.0 Å². The van der Waals surface area contributed by atoms with Crippen molar-refractivity contribution >= 4 is 21.8 Å². The summed E-state index contributed by atoms with van der Waals surface area (Å²) in [6.45, 7) is 5.15. The maximum absolute atomic E-state index is 12.6. The van der Waals surface area contributed by atoms with Crippen LogP contribution < -0.4 is 0 Å². The van der Waals surface area contributed by atoms with Crippen molar-refractivity contribution in [1.82, 2.24) is 4.90 Å². The highest BCUT2D eigenvalue weighted by atomic mass is 79.9. The molecule has 2 rings (SSSR count). The van der Waals surface area contributed by atoms with Crippen molar-refractivity contribution in [3.63, 3.8) is 0 Å². The maximum atomic E-state index is 12.6. The predicted octanol–water partition coefficient (Wildman–Crippen LogP) is 3.13. The van der Waals surface area contributed by atoms with Crippen LogP contribution in [0.3, 0.4) is 0 Å². The van der Waals surface area contributed by atoms with E-state index in [0.717, 1.165) is 35.0 Å². The first-order chi connectivity index (χ1) is 8.91. The molecule has 4 heteroatoms. The zero-order chi connectivity index (χ0) is 14.0. The third-order valence-electron chi connectivity index (χ3n) is 3.85. The van der Waals surface area contributed by atoms with Crippen LogP contribution in [-0.4, -0.2) is 34.6 Å². The lowest BCUT2D eigenvalue weighted by Crippen LogP contribution is -2.33. The number of rotatable bonds is 1. The molecule has 1 aliphatic rings. The van der Waals surface area contributed by atoms with Crippen molar-refractivity contribution < 1.29 is 9.90 Å². The minimum atomic E-state index is -0.638. The topological polar surface area (TPSA) is 40.5 Å². The lowest BCUT2D eigenvalue weighted by Gasteiger charge is -2.23. The molecule has 1 atom stereocenters. The Morgan fingerprint density at radius 3 is 2.84 bits per heavy atom. The lowest BCUT2D eigenvalue weighted by molar-refractivity contribution is 0.0438. The smallest absolute Gasteiger partial charge is 0.254 e. The number of hydrogen-bond acceptors (Lipinski definition) is 2. The van der Waals surface area contributed by atoms with Crippen LogP contribution in [-0.2, 0) is 0 Å². The second-order valence-electron chi connectivity index (χ2n) is 5.56. The zero-order valence-electron chi connectivity index (χ0n) is 11.4. The van der Waals surface area contributed by atoms with Gasteiger partial charge in [-0.25, -0.2) is 0 Å². The van der Waals surface area contributed by atoms with Gasteiger partial charge in [0.25, 0.3) is 5.91 Å². The van der Waals surface area contributed by atoms with Crippen LogP contribution in [0.4, 0.5) is 0 Å². The summed E-state index contributed by atoms with van der Waals surface area (Å²) in [7, 11) is 0. The van der Waals surface area contributed by atoms with Gasteiger partial charge in [-0.3, -0.25) is 4.79 Å². The van der Waals surface area contributed by atoms with Gasteiger partial charge >= 0.3 is 0 Å². The van der Waals surface area contributed by atoms with Gasteiger partial charge in [-0.05, 0) is 50.8 Å². The first-order valence-electron chi connectivity index (χ1n) is 6.67. The quantitative estimate of drug-likeness (QED) is 0.861. The molecule has 104 valence electrons. The minimum Gasteiger partial charge on any atom is -0.390 e. The zero-order valence-corrected chi connectivity index (χ0v) is 13.0. The van der Waals surface area contributed by atoms with Gasteiger partial charge < -0.3 is 10.0 Å². The third kappa shape index (κ3) is 3.37. The molecule has 1 fully saturated rings. The van der Waals surface area contributed by atoms with E-state index in [9.17, 15) is 9.90 Å². The van der Waals surface area contributed by atoms with E-state index in [1.165, 1.54) is 0 Å². The predicted molar refractivity (Wildman–Crippen MR) is 79.3 cm³/mol. The molecule has 3 nitrogen and oxygen atoms in total. The lowest BCUT2D eigenvalue weighted by atomic mass is 9.98. The number of carbonyl (C=O) groups is 1. The molecule has 1 N–H and O–H groups in total. The van der Waals surface area contributed by atoms with Gasteiger partial charge in [0.2, 0.25) is 0 Å². The van der Waals surface area contributed by atoms with E-state index >= 15 is 0 Å². The number of halogens is 1. The van der Waals surface area contributed by atoms with Gasteiger partial charge in [-0.15, -0.1) is 0 Å². The van der Waals surface area contributed by atoms with Gasteiger partial charge in [-0.1, -0.05) is 22.0 Å². The minimum absolute atomic E-state index is 0.0662. The fraction of sp³-hybridized carbons (Fsp3) is 0.533. The van der Waals surface area contributed by atoms with Crippen LogP contribution in [0.5, 0.6) is 0 Å². The van der Waals surface area contributed by atoms with Crippen molar-refractivity contribution in [2.75, 3.05) is 13.1 Å². The van der Waals surface area contributed by atoms with E-state index in [2.05, 4.69) is 15.9 Å². The van der Waals surface area contributed by atoms with E-state index in [4.69, 9.17) is 0 Å². The molecule has 1 aliphatic heterocycles. The average Bonchev–Trinajstić information content (AvgIpc) is 2.53. The molecule has 1 aromatic rings. The summed E-state index contributed by atoms with van der Waals surface area (Å²) in [5.74, 6) is 0.0662. The van der Waals surface area contributed by atoms with E-state index < -0.39 is 5.60 Å². The van der Waals surface area contributed by atoms with Crippen LogP contribution >= 0.6 is 15.9 Å². The summed E-state index contributed by atoms with van der Waals surface area (Å²) < 4.78 is 0.958. The molecule has 0 saturated carbocycles. The summed E-state index contributed by atoms with van der Waals surface area (Å²) in [5.41, 5.74) is 1.08. The number of benzene rings is 1. The number of carbonyl (C=O) groups excluding carboxylic acids is 1. The first kappa shape index (κ1) is 14.5. The SMILES string of the molecule is Cc1c(Br)cccc1C(=O)N1CCCC(C)(O)CC1. The Morgan fingerprint density at radius 2 is 2.11 bits per heavy atom. The van der Waals surface area contributed by atoms with Crippen molar-refractivity contribution in [2.45, 2.75) is 38.7 Å². The second kappa shape index (κ2) is 5.63. The van der Waals surface area contributed by atoms with E-state index in [-0.39, 0.29) is 5.91 Å². The molecule has 1 heterocycles. The van der Waals surface area contributed by atoms with Crippen LogP contribution in [0.25, 0.3) is 0 Å². The van der Waals surface area contributed by atoms with Crippen LogP contribution in [0, 0.1) is 6.92 Å². The second-order valence-corrected chi connectivity index (χ2v) is 6.41. The summed E-state index contributed by atoms with van der Waals surface area (Å²) in [5, 5.41) is 10.1. The van der Waals surface area contributed by atoms with Crippen LogP contribution in [0.15, 0.2) is 22.7 Å². The standard InChI is InChI=1S/C15H20BrNO2/c1-11-12(5-3-6-13(11)16)14(18)17-9-4-7-15(2,19)8-10-17/h3,5-6,19H,4,7-10H2,1-2H3. The molecule has 1 saturated heterocycles. The Labute approximate surface area is 122 Å². The summed E-state index contributed by atoms with van der Waals surface area (Å²) in [6.07, 6.45) is 2.26. The first-order valence-corrected chi connectivity index (χ1v) is 7.47. The van der Waals surface area contributed by atoms with E-state index in [1.54, 1.807) is 0 Å². The normalized spacial score (nSPS) is 24.1. The van der Waals surface area contributed by atoms with Gasteiger partial charge in [0, 0.05) is 23.1 Å². The molecule has 0 aliphatic carbocycles. The van der Waals surface area contributed by atoms with Crippen LogP contribution in [0.1, 0.15) is 42.1 Å². The number of aliphatic hydroxyl groups is 1. The van der Waals surface area contributed by atoms with Crippen LogP contribution in [0.2, 0.25) is 0 Å². The largest absolute Gasteiger partial charge is 0.390 e. The fourth-order valence-corrected chi connectivity index (χ4v) is 2.84. The Hall–Kier alpha value is -0.870. The molecule has 1 aromatic carbocycles. The van der Waals surface area contributed by atoms with Gasteiger partial charge in [0.05, 0.1) is 5.60 Å². The molecule has 19 heavy (non-hydrogen) atoms. The maximum Gasteiger partial charge on any atom is 0.254 e. The van der Waals surface area contributed by atoms with Crippen molar-refractivity contribution in [3.05, 3.63) is 33.8 Å². The molecule has 1 amide bonds. The summed E-state index contributed by atoms with van der Waals surface area (Å²) in [4.78, 5) is 14.4. The number of nitrogens with zero attached hydrogens (tertiary/aromatic N) is 1. The molecule has 0 aromatic heterocycles. The number of hydrogen-bond donors (Lipinski definition) is 1. The molecule has 0 radical (unpaired) electrons. The number of amides is 1. The van der Waals surface area contributed by atoms with Gasteiger partial charge in [0.15, 0.2) is 0 Å². The molecule has 0 spiro atoms. The Balaban J connectivity index is 2.18. The molecule has 0 bridgehead atoms. The van der Waals surface area contributed by atoms with Crippen molar-refractivity contribution in [3.8, 4) is 0 Å². The third-order valence-corrected chi connectivity index (χ3v) is 4.71. The van der Waals surface area contributed by atoms with Crippen molar-refractivity contribution in [1.29, 1.82) is 0 Å². The van der Waals surface area contributed by atoms with Gasteiger partial charge in [0.1, 0.15) is 0 Å². The Morgan fingerprint density at radius 1 is 1.37 bits per heavy atom. The summed E-state index contributed by atoms with van der Waals surface area (Å²) in [6, 6.07) is 5.70. The molecular formula is C15H20BrNO2. The highest BCUT2D eigenvalue weighted by Crippen LogP contribution is 2.25. The molecule has 1 unspecified atom stereocenters. The Bertz CT molecular complexity index is 485. The Kier molecular flexibility index (Phi) is 4.31. The summed E-state index contributed by atoms with van der Waals surface area (Å²) >= 11 is 3.46. The number of likely N-dealkylation sites (tertiary alicyclic amines) is 1. The average molecular weight is 326 g/mol. The highest BCUT2D eigenvalue weighted by Gasteiger charge is 2.28. The highest BCUT2D eigenvalue weighted by molar-refractivity contribution is 9.10. The molecular weight excluding hydrogens is 306 g/mol. The van der Waals surface area contributed by atoms with E-state index in [1.807, 2.05) is 36.9 Å². The van der Waals surface area contributed by atoms with Gasteiger partial charge in [-0.2, -0.15) is 0 Å². The van der Waals surface area contributed by atoms with Crippen molar-refractivity contribution in [2.24, 2.45) is 0 Å².